The Labute approximate surface area is 162 Å². The number of piperidine rings is 1. The van der Waals surface area contributed by atoms with Crippen LogP contribution in [0, 0.1) is 0 Å². The highest BCUT2D eigenvalue weighted by Crippen LogP contribution is 2.36. The molecule has 0 unspecified atom stereocenters. The van der Waals surface area contributed by atoms with E-state index in [0.29, 0.717) is 23.9 Å². The highest BCUT2D eigenvalue weighted by atomic mass is 32.2. The lowest BCUT2D eigenvalue weighted by Gasteiger charge is -2.30. The van der Waals surface area contributed by atoms with Gasteiger partial charge in [-0.3, -0.25) is 4.79 Å². The van der Waals surface area contributed by atoms with Crippen molar-refractivity contribution in [2.24, 2.45) is 0 Å². The van der Waals surface area contributed by atoms with Crippen LogP contribution in [-0.4, -0.2) is 47.8 Å². The monoisotopic (exact) mass is 403 g/mol. The highest BCUT2D eigenvalue weighted by Gasteiger charge is 2.28. The van der Waals surface area contributed by atoms with E-state index in [0.717, 1.165) is 40.6 Å². The summed E-state index contributed by atoms with van der Waals surface area (Å²) in [5.41, 5.74) is 3.28. The predicted octanol–water partition coefficient (Wildman–Crippen LogP) is 3.63. The van der Waals surface area contributed by atoms with Crippen molar-refractivity contribution in [2.75, 3.05) is 18.8 Å². The Hall–Kier alpha value is -2.03. The number of hydrogen-bond donors (Lipinski definition) is 1. The Bertz CT molecular complexity index is 1080. The summed E-state index contributed by atoms with van der Waals surface area (Å²) in [6.07, 6.45) is 6.10. The van der Waals surface area contributed by atoms with Crippen LogP contribution >= 0.6 is 11.3 Å². The van der Waals surface area contributed by atoms with Gasteiger partial charge in [0.05, 0.1) is 10.6 Å². The van der Waals surface area contributed by atoms with Crippen LogP contribution < -0.4 is 0 Å². The molecule has 1 fully saturated rings. The van der Waals surface area contributed by atoms with Crippen LogP contribution in [0.15, 0.2) is 30.6 Å². The summed E-state index contributed by atoms with van der Waals surface area (Å²) in [4.78, 5) is 19.2. The number of benzene rings is 1. The number of nitrogens with one attached hydrogen (secondary N) is 1. The lowest BCUT2D eigenvalue weighted by Crippen LogP contribution is -2.38. The molecule has 1 aliphatic heterocycles. The van der Waals surface area contributed by atoms with Crippen LogP contribution in [-0.2, 0) is 10.0 Å². The molecule has 2 aromatic heterocycles. The third-order valence-electron chi connectivity index (χ3n) is 5.25. The van der Waals surface area contributed by atoms with Crippen molar-refractivity contribution in [1.82, 2.24) is 14.3 Å². The number of nitrogens with zero attached hydrogens (tertiary/aromatic N) is 2. The Kier molecular flexibility index (Phi) is 4.88. The van der Waals surface area contributed by atoms with E-state index < -0.39 is 10.0 Å². The van der Waals surface area contributed by atoms with Gasteiger partial charge in [0.15, 0.2) is 6.29 Å². The van der Waals surface area contributed by atoms with Gasteiger partial charge >= 0.3 is 0 Å². The molecule has 3 aromatic rings. The van der Waals surface area contributed by atoms with Crippen molar-refractivity contribution in [3.63, 3.8) is 0 Å². The number of aromatic nitrogens is 2. The van der Waals surface area contributed by atoms with Crippen molar-refractivity contribution < 1.29 is 13.2 Å². The van der Waals surface area contributed by atoms with Crippen LogP contribution in [0.2, 0.25) is 0 Å². The van der Waals surface area contributed by atoms with Crippen molar-refractivity contribution in [1.29, 1.82) is 0 Å². The number of aromatic amines is 1. The van der Waals surface area contributed by atoms with E-state index in [-0.39, 0.29) is 5.75 Å². The second kappa shape index (κ2) is 7.18. The number of rotatable bonds is 5. The molecule has 0 bridgehead atoms. The summed E-state index contributed by atoms with van der Waals surface area (Å²) in [6.45, 7) is 2.84. The molecule has 1 saturated heterocycles. The summed E-state index contributed by atoms with van der Waals surface area (Å²) in [5.74, 6) is 0.490. The molecule has 6 nitrogen and oxygen atoms in total. The van der Waals surface area contributed by atoms with Gasteiger partial charge in [-0.1, -0.05) is 0 Å². The molecular weight excluding hydrogens is 382 g/mol. The standard InChI is InChI=1S/C19H21N3O3S2/c1-2-27(24,25)22-7-5-13(6-8-22)17-11-20-18-4-3-14(9-16(17)18)19-21-10-15(12-23)26-19/h3-4,9-13,20H,2,5-8H2,1H3. The van der Waals surface area contributed by atoms with Gasteiger partial charge in [-0.25, -0.2) is 17.7 Å². The molecule has 1 aromatic carbocycles. The van der Waals surface area contributed by atoms with Crippen molar-refractivity contribution >= 4 is 38.5 Å². The maximum atomic E-state index is 12.1. The Morgan fingerprint density at radius 2 is 2.11 bits per heavy atom. The van der Waals surface area contributed by atoms with E-state index in [9.17, 15) is 13.2 Å². The lowest BCUT2D eigenvalue weighted by atomic mass is 9.89. The van der Waals surface area contributed by atoms with Crippen molar-refractivity contribution in [3.8, 4) is 10.6 Å². The van der Waals surface area contributed by atoms with E-state index in [1.54, 1.807) is 17.4 Å². The fourth-order valence-electron chi connectivity index (χ4n) is 3.72. The minimum Gasteiger partial charge on any atom is -0.361 e. The molecule has 0 radical (unpaired) electrons. The quantitative estimate of drug-likeness (QED) is 0.660. The van der Waals surface area contributed by atoms with Gasteiger partial charge in [0.2, 0.25) is 10.0 Å². The van der Waals surface area contributed by atoms with E-state index in [1.165, 1.54) is 16.9 Å². The molecule has 27 heavy (non-hydrogen) atoms. The molecule has 0 atom stereocenters. The first-order valence-corrected chi connectivity index (χ1v) is 11.4. The zero-order valence-corrected chi connectivity index (χ0v) is 16.6. The Morgan fingerprint density at radius 1 is 1.33 bits per heavy atom. The first kappa shape index (κ1) is 18.3. The molecule has 0 aliphatic carbocycles. The Balaban J connectivity index is 1.61. The summed E-state index contributed by atoms with van der Waals surface area (Å²) >= 11 is 1.38. The fraction of sp³-hybridized carbons (Fsp3) is 0.368. The normalized spacial score (nSPS) is 16.8. The molecule has 1 N–H and O–H groups in total. The fourth-order valence-corrected chi connectivity index (χ4v) is 5.57. The molecule has 4 rings (SSSR count). The smallest absolute Gasteiger partial charge is 0.213 e. The number of sulfonamides is 1. The number of H-pyrrole nitrogens is 1. The maximum absolute atomic E-state index is 12.1. The van der Waals surface area contributed by atoms with Crippen LogP contribution in [0.1, 0.15) is 40.9 Å². The number of thiazole rings is 1. The SMILES string of the molecule is CCS(=O)(=O)N1CCC(c2c[nH]c3ccc(-c4ncc(C=O)s4)cc23)CC1. The van der Waals surface area contributed by atoms with Crippen molar-refractivity contribution in [2.45, 2.75) is 25.7 Å². The largest absolute Gasteiger partial charge is 0.361 e. The summed E-state index contributed by atoms with van der Waals surface area (Å²) in [5, 5.41) is 1.97. The second-order valence-electron chi connectivity index (χ2n) is 6.76. The second-order valence-corrected chi connectivity index (χ2v) is 10.1. The van der Waals surface area contributed by atoms with Gasteiger partial charge in [0.1, 0.15) is 5.01 Å². The molecular formula is C19H21N3O3S2. The van der Waals surface area contributed by atoms with Gasteiger partial charge in [-0.15, -0.1) is 11.3 Å². The number of aldehydes is 1. The third-order valence-corrected chi connectivity index (χ3v) is 8.11. The molecule has 1 aliphatic rings. The minimum absolute atomic E-state index is 0.157. The first-order chi connectivity index (χ1) is 13.0. The predicted molar refractivity (Wildman–Crippen MR) is 108 cm³/mol. The van der Waals surface area contributed by atoms with Crippen LogP contribution in [0.4, 0.5) is 0 Å². The molecule has 8 heteroatoms. The van der Waals surface area contributed by atoms with Gasteiger partial charge < -0.3 is 4.98 Å². The summed E-state index contributed by atoms with van der Waals surface area (Å²) in [6, 6.07) is 6.16. The maximum Gasteiger partial charge on any atom is 0.213 e. The van der Waals surface area contributed by atoms with Crippen LogP contribution in [0.25, 0.3) is 21.5 Å². The van der Waals surface area contributed by atoms with Crippen molar-refractivity contribution in [3.05, 3.63) is 41.0 Å². The average molecular weight is 404 g/mol. The van der Waals surface area contributed by atoms with Gasteiger partial charge in [0, 0.05) is 41.9 Å². The zero-order valence-electron chi connectivity index (χ0n) is 15.0. The molecule has 0 amide bonds. The number of hydrogen-bond acceptors (Lipinski definition) is 5. The molecule has 0 spiro atoms. The average Bonchev–Trinajstić information content (AvgIpc) is 3.34. The third kappa shape index (κ3) is 3.44. The number of fused-ring (bicyclic) bond motifs is 1. The molecule has 142 valence electrons. The van der Waals surface area contributed by atoms with Crippen LogP contribution in [0.3, 0.4) is 0 Å². The highest BCUT2D eigenvalue weighted by molar-refractivity contribution is 7.89. The van der Waals surface area contributed by atoms with Gasteiger partial charge in [-0.2, -0.15) is 0 Å². The molecule has 3 heterocycles. The summed E-state index contributed by atoms with van der Waals surface area (Å²) in [7, 11) is -3.11. The topological polar surface area (TPSA) is 83.1 Å². The summed E-state index contributed by atoms with van der Waals surface area (Å²) < 4.78 is 25.8. The Morgan fingerprint density at radius 3 is 2.78 bits per heavy atom. The van der Waals surface area contributed by atoms with Gasteiger partial charge in [-0.05, 0) is 49.4 Å². The first-order valence-electron chi connectivity index (χ1n) is 9.02. The zero-order chi connectivity index (χ0) is 19.0. The lowest BCUT2D eigenvalue weighted by molar-refractivity contribution is 0.112. The number of carbonyl (C=O) groups excluding carboxylic acids is 1. The van der Waals surface area contributed by atoms with E-state index >= 15 is 0 Å². The molecule has 0 saturated carbocycles. The van der Waals surface area contributed by atoms with E-state index in [4.69, 9.17) is 0 Å². The van der Waals surface area contributed by atoms with E-state index in [2.05, 4.69) is 16.0 Å². The van der Waals surface area contributed by atoms with E-state index in [1.807, 2.05) is 18.3 Å². The number of carbonyl (C=O) groups is 1. The minimum atomic E-state index is -3.11. The van der Waals surface area contributed by atoms with Crippen LogP contribution in [0.5, 0.6) is 0 Å². The van der Waals surface area contributed by atoms with Gasteiger partial charge in [0.25, 0.3) is 0 Å².